The fourth-order valence-electron chi connectivity index (χ4n) is 3.86. The third-order valence-corrected chi connectivity index (χ3v) is 5.36. The van der Waals surface area contributed by atoms with Gasteiger partial charge in [0, 0.05) is 25.9 Å². The van der Waals surface area contributed by atoms with Gasteiger partial charge in [-0.3, -0.25) is 9.59 Å². The molecule has 124 valence electrons. The lowest BCUT2D eigenvalue weighted by Crippen LogP contribution is -2.43. The van der Waals surface area contributed by atoms with Crippen LogP contribution in [0.2, 0.25) is 0 Å². The minimum absolute atomic E-state index is 0.0483. The maximum absolute atomic E-state index is 12.7. The molecule has 3 rings (SSSR count). The number of rotatable bonds is 4. The van der Waals surface area contributed by atoms with Crippen LogP contribution >= 0.6 is 0 Å². The number of benzene rings is 1. The van der Waals surface area contributed by atoms with E-state index < -0.39 is 0 Å². The van der Waals surface area contributed by atoms with E-state index in [-0.39, 0.29) is 23.8 Å². The first-order chi connectivity index (χ1) is 11.1. The van der Waals surface area contributed by atoms with Gasteiger partial charge in [0.1, 0.15) is 0 Å². The van der Waals surface area contributed by atoms with Crippen LogP contribution in [0.4, 0.5) is 0 Å². The fraction of sp³-hybridized carbons (Fsp3) is 0.579. The number of likely N-dealkylation sites (tertiary alicyclic amines) is 1. The molecule has 2 atom stereocenters. The Hall–Kier alpha value is -1.84. The van der Waals surface area contributed by atoms with Crippen LogP contribution in [0, 0.1) is 11.8 Å². The largest absolute Gasteiger partial charge is 0.349 e. The normalized spacial score (nSPS) is 23.8. The van der Waals surface area contributed by atoms with Crippen LogP contribution in [0.15, 0.2) is 30.3 Å². The highest BCUT2D eigenvalue weighted by atomic mass is 16.2. The Kier molecular flexibility index (Phi) is 4.99. The Labute approximate surface area is 138 Å². The van der Waals surface area contributed by atoms with Crippen molar-refractivity contribution >= 4 is 11.8 Å². The third-order valence-electron chi connectivity index (χ3n) is 5.36. The molecule has 1 saturated heterocycles. The van der Waals surface area contributed by atoms with E-state index in [1.807, 2.05) is 25.2 Å². The maximum atomic E-state index is 12.7. The van der Waals surface area contributed by atoms with Crippen molar-refractivity contribution in [1.29, 1.82) is 0 Å². The number of piperidine rings is 1. The fourth-order valence-corrected chi connectivity index (χ4v) is 3.86. The molecule has 1 aromatic carbocycles. The zero-order valence-corrected chi connectivity index (χ0v) is 13.8. The summed E-state index contributed by atoms with van der Waals surface area (Å²) in [6, 6.07) is 10.4. The molecule has 2 aliphatic rings. The minimum atomic E-state index is -0.175. The van der Waals surface area contributed by atoms with E-state index in [1.54, 1.807) is 4.90 Å². The van der Waals surface area contributed by atoms with E-state index >= 15 is 0 Å². The SMILES string of the molecule is CN1CC[C@H](C(=O)N[C@H](c2ccccc2)C2CCCC2)CC1=O. The molecule has 1 aromatic rings. The molecule has 1 N–H and O–H groups in total. The van der Waals surface area contributed by atoms with Crippen molar-refractivity contribution < 1.29 is 9.59 Å². The van der Waals surface area contributed by atoms with Gasteiger partial charge < -0.3 is 10.2 Å². The van der Waals surface area contributed by atoms with Gasteiger partial charge in [0.2, 0.25) is 11.8 Å². The Morgan fingerprint density at radius 3 is 2.52 bits per heavy atom. The summed E-state index contributed by atoms with van der Waals surface area (Å²) in [4.78, 5) is 26.3. The number of amides is 2. The summed E-state index contributed by atoms with van der Waals surface area (Å²) in [6.45, 7) is 0.677. The smallest absolute Gasteiger partial charge is 0.224 e. The molecule has 2 fully saturated rings. The van der Waals surface area contributed by atoms with E-state index in [2.05, 4.69) is 17.4 Å². The average Bonchev–Trinajstić information content (AvgIpc) is 3.10. The van der Waals surface area contributed by atoms with Gasteiger partial charge in [-0.2, -0.15) is 0 Å². The molecule has 0 unspecified atom stereocenters. The summed E-state index contributed by atoms with van der Waals surface area (Å²) in [6.07, 6.45) is 5.94. The monoisotopic (exact) mass is 314 g/mol. The first-order valence-electron chi connectivity index (χ1n) is 8.74. The lowest BCUT2D eigenvalue weighted by molar-refractivity contribution is -0.139. The molecular weight excluding hydrogens is 288 g/mol. The molecule has 1 aliphatic heterocycles. The first-order valence-corrected chi connectivity index (χ1v) is 8.74. The second kappa shape index (κ2) is 7.16. The van der Waals surface area contributed by atoms with Crippen molar-refractivity contribution in [2.45, 2.75) is 44.6 Å². The Morgan fingerprint density at radius 2 is 1.87 bits per heavy atom. The van der Waals surface area contributed by atoms with Crippen LogP contribution in [-0.4, -0.2) is 30.3 Å². The topological polar surface area (TPSA) is 49.4 Å². The number of nitrogens with one attached hydrogen (secondary N) is 1. The summed E-state index contributed by atoms with van der Waals surface area (Å²) in [5.41, 5.74) is 1.19. The zero-order chi connectivity index (χ0) is 16.2. The van der Waals surface area contributed by atoms with Crippen LogP contribution in [-0.2, 0) is 9.59 Å². The number of carbonyl (C=O) groups is 2. The number of carbonyl (C=O) groups excluding carboxylic acids is 2. The average molecular weight is 314 g/mol. The van der Waals surface area contributed by atoms with Gasteiger partial charge in [-0.05, 0) is 30.7 Å². The summed E-state index contributed by atoms with van der Waals surface area (Å²) >= 11 is 0. The summed E-state index contributed by atoms with van der Waals surface area (Å²) in [5, 5.41) is 3.27. The van der Waals surface area contributed by atoms with Gasteiger partial charge in [-0.1, -0.05) is 43.2 Å². The highest BCUT2D eigenvalue weighted by Gasteiger charge is 2.33. The number of hydrogen-bond acceptors (Lipinski definition) is 2. The van der Waals surface area contributed by atoms with Crippen LogP contribution in [0.3, 0.4) is 0 Å². The number of nitrogens with zero attached hydrogens (tertiary/aromatic N) is 1. The molecule has 0 radical (unpaired) electrons. The van der Waals surface area contributed by atoms with Gasteiger partial charge in [0.25, 0.3) is 0 Å². The van der Waals surface area contributed by atoms with Crippen molar-refractivity contribution in [3.05, 3.63) is 35.9 Å². The van der Waals surface area contributed by atoms with E-state index in [0.717, 1.165) is 6.42 Å². The van der Waals surface area contributed by atoms with E-state index in [4.69, 9.17) is 0 Å². The maximum Gasteiger partial charge on any atom is 0.224 e. The Balaban J connectivity index is 1.70. The summed E-state index contributed by atoms with van der Waals surface area (Å²) in [7, 11) is 1.81. The lowest BCUT2D eigenvalue weighted by Gasteiger charge is -2.31. The quantitative estimate of drug-likeness (QED) is 0.929. The molecular formula is C19H26N2O2. The molecule has 23 heavy (non-hydrogen) atoms. The molecule has 1 aliphatic carbocycles. The highest BCUT2D eigenvalue weighted by molar-refractivity contribution is 5.87. The summed E-state index contributed by atoms with van der Waals surface area (Å²) in [5.74, 6) is 0.468. The lowest BCUT2D eigenvalue weighted by atomic mass is 9.89. The van der Waals surface area contributed by atoms with Gasteiger partial charge in [0.05, 0.1) is 6.04 Å². The summed E-state index contributed by atoms with van der Waals surface area (Å²) < 4.78 is 0. The van der Waals surface area contributed by atoms with Crippen molar-refractivity contribution in [3.8, 4) is 0 Å². The van der Waals surface area contributed by atoms with Gasteiger partial charge >= 0.3 is 0 Å². The molecule has 4 nitrogen and oxygen atoms in total. The second-order valence-electron chi connectivity index (χ2n) is 6.95. The molecule has 2 amide bonds. The highest BCUT2D eigenvalue weighted by Crippen LogP contribution is 2.36. The third kappa shape index (κ3) is 3.74. The van der Waals surface area contributed by atoms with Crippen molar-refractivity contribution in [2.24, 2.45) is 11.8 Å². The molecule has 0 spiro atoms. The molecule has 0 bridgehead atoms. The first kappa shape index (κ1) is 16.0. The molecule has 4 heteroatoms. The Bertz CT molecular complexity index is 552. The second-order valence-corrected chi connectivity index (χ2v) is 6.95. The van der Waals surface area contributed by atoms with Crippen LogP contribution in [0.1, 0.15) is 50.1 Å². The van der Waals surface area contributed by atoms with E-state index in [0.29, 0.717) is 18.9 Å². The van der Waals surface area contributed by atoms with Gasteiger partial charge in [-0.15, -0.1) is 0 Å². The molecule has 1 saturated carbocycles. The van der Waals surface area contributed by atoms with Gasteiger partial charge in [0.15, 0.2) is 0 Å². The van der Waals surface area contributed by atoms with Crippen molar-refractivity contribution in [1.82, 2.24) is 10.2 Å². The molecule has 0 aromatic heterocycles. The van der Waals surface area contributed by atoms with Crippen LogP contribution in [0.25, 0.3) is 0 Å². The van der Waals surface area contributed by atoms with Gasteiger partial charge in [-0.25, -0.2) is 0 Å². The minimum Gasteiger partial charge on any atom is -0.349 e. The van der Waals surface area contributed by atoms with Crippen molar-refractivity contribution in [2.75, 3.05) is 13.6 Å². The van der Waals surface area contributed by atoms with Crippen molar-refractivity contribution in [3.63, 3.8) is 0 Å². The van der Waals surface area contributed by atoms with E-state index in [9.17, 15) is 9.59 Å². The Morgan fingerprint density at radius 1 is 1.17 bits per heavy atom. The predicted octanol–water partition coefficient (Wildman–Crippen LogP) is 2.90. The predicted molar refractivity (Wildman–Crippen MR) is 89.6 cm³/mol. The van der Waals surface area contributed by atoms with Crippen LogP contribution in [0.5, 0.6) is 0 Å². The number of hydrogen-bond donors (Lipinski definition) is 1. The van der Waals surface area contributed by atoms with E-state index in [1.165, 1.54) is 31.2 Å². The zero-order valence-electron chi connectivity index (χ0n) is 13.8. The molecule has 1 heterocycles. The standard InChI is InChI=1S/C19H26N2O2/c1-21-12-11-16(13-17(21)22)19(23)20-18(15-9-5-6-10-15)14-7-3-2-4-8-14/h2-4,7-8,15-16,18H,5-6,9-13H2,1H3,(H,20,23)/t16-,18+/m0/s1. The van der Waals surface area contributed by atoms with Crippen LogP contribution < -0.4 is 5.32 Å².